The van der Waals surface area contributed by atoms with Crippen molar-refractivity contribution in [1.29, 1.82) is 0 Å². The lowest BCUT2D eigenvalue weighted by molar-refractivity contribution is -0.142. The molecule has 1 rings (SSSR count). The molecular weight excluding hydrogens is 212 g/mol. The first-order valence-corrected chi connectivity index (χ1v) is 5.59. The lowest BCUT2D eigenvalue weighted by atomic mass is 9.97. The van der Waals surface area contributed by atoms with Crippen LogP contribution in [0.4, 0.5) is 0 Å². The minimum atomic E-state index is -0.504. The molecule has 0 radical (unpaired) electrons. The molecule has 90 valence electrons. The molecule has 0 atom stereocenters. The summed E-state index contributed by atoms with van der Waals surface area (Å²) in [6.07, 6.45) is 5.82. The number of rotatable bonds is 2. The number of esters is 1. The number of hydrogen-bond acceptors (Lipinski definition) is 2. The van der Waals surface area contributed by atoms with E-state index < -0.39 is 5.41 Å². The Morgan fingerprint density at radius 2 is 2.00 bits per heavy atom. The van der Waals surface area contributed by atoms with Crippen molar-refractivity contribution in [3.63, 3.8) is 0 Å². The van der Waals surface area contributed by atoms with E-state index in [4.69, 9.17) is 11.2 Å². The highest BCUT2D eigenvalue weighted by molar-refractivity contribution is 5.77. The summed E-state index contributed by atoms with van der Waals surface area (Å²) in [5.41, 5.74) is 1.52. The topological polar surface area (TPSA) is 26.3 Å². The summed E-state index contributed by atoms with van der Waals surface area (Å²) in [7, 11) is 0. The van der Waals surface area contributed by atoms with Crippen molar-refractivity contribution in [2.24, 2.45) is 5.41 Å². The second-order valence-corrected chi connectivity index (χ2v) is 5.17. The Hall–Kier alpha value is -1.75. The molecule has 17 heavy (non-hydrogen) atoms. The van der Waals surface area contributed by atoms with Gasteiger partial charge < -0.3 is 4.74 Å². The Morgan fingerprint density at radius 1 is 1.35 bits per heavy atom. The van der Waals surface area contributed by atoms with Crippen molar-refractivity contribution in [2.75, 3.05) is 0 Å². The molecule has 0 aromatic heterocycles. The minimum absolute atomic E-state index is 0.241. The third kappa shape index (κ3) is 3.96. The fourth-order valence-electron chi connectivity index (χ4n) is 1.36. The monoisotopic (exact) mass is 230 g/mol. The summed E-state index contributed by atoms with van der Waals surface area (Å²) >= 11 is 0. The highest BCUT2D eigenvalue weighted by Crippen LogP contribution is 2.22. The van der Waals surface area contributed by atoms with E-state index in [1.54, 1.807) is 0 Å². The maximum atomic E-state index is 11.8. The second-order valence-electron chi connectivity index (χ2n) is 5.17. The van der Waals surface area contributed by atoms with Gasteiger partial charge in [0.2, 0.25) is 0 Å². The van der Waals surface area contributed by atoms with Gasteiger partial charge in [0.1, 0.15) is 5.75 Å². The molecule has 0 saturated heterocycles. The summed E-state index contributed by atoms with van der Waals surface area (Å²) in [5, 5.41) is 0. The quantitative estimate of drug-likeness (QED) is 0.443. The average molecular weight is 230 g/mol. The number of aryl methyl sites for hydroxylation is 1. The van der Waals surface area contributed by atoms with Gasteiger partial charge in [-0.15, -0.1) is 12.3 Å². The van der Waals surface area contributed by atoms with E-state index in [9.17, 15) is 4.79 Å². The van der Waals surface area contributed by atoms with Crippen LogP contribution in [-0.2, 0) is 11.2 Å². The molecule has 1 aromatic rings. The molecule has 0 spiro atoms. The lowest BCUT2D eigenvalue weighted by Crippen LogP contribution is -2.25. The van der Waals surface area contributed by atoms with Gasteiger partial charge in [0, 0.05) is 6.42 Å². The van der Waals surface area contributed by atoms with Crippen LogP contribution >= 0.6 is 0 Å². The Kier molecular flexibility index (Phi) is 3.96. The van der Waals surface area contributed by atoms with Crippen LogP contribution in [0.5, 0.6) is 5.75 Å². The molecule has 1 aromatic carbocycles. The third-order valence-corrected chi connectivity index (χ3v) is 2.24. The Balaban J connectivity index is 2.92. The van der Waals surface area contributed by atoms with Crippen molar-refractivity contribution < 1.29 is 9.53 Å². The van der Waals surface area contributed by atoms with E-state index in [1.165, 1.54) is 0 Å². The molecular formula is C15H18O2. The van der Waals surface area contributed by atoms with Gasteiger partial charge in [-0.3, -0.25) is 4.79 Å². The van der Waals surface area contributed by atoms with Crippen LogP contribution in [0.15, 0.2) is 18.2 Å². The van der Waals surface area contributed by atoms with E-state index in [0.717, 1.165) is 11.1 Å². The largest absolute Gasteiger partial charge is 0.426 e. The van der Waals surface area contributed by atoms with Crippen LogP contribution in [0.3, 0.4) is 0 Å². The van der Waals surface area contributed by atoms with E-state index in [2.05, 4.69) is 5.92 Å². The van der Waals surface area contributed by atoms with Gasteiger partial charge in [-0.2, -0.15) is 0 Å². The zero-order valence-corrected chi connectivity index (χ0v) is 10.8. The molecule has 0 unspecified atom stereocenters. The Bertz CT molecular complexity index is 459. The number of ether oxygens (including phenoxy) is 1. The molecule has 0 bridgehead atoms. The average Bonchev–Trinajstić information content (AvgIpc) is 2.15. The molecule has 2 heteroatoms. The number of carbonyl (C=O) groups excluding carboxylic acids is 1. The lowest BCUT2D eigenvalue weighted by Gasteiger charge is -2.16. The molecule has 0 amide bonds. The smallest absolute Gasteiger partial charge is 0.316 e. The zero-order valence-electron chi connectivity index (χ0n) is 10.8. The normalized spacial score (nSPS) is 10.8. The maximum absolute atomic E-state index is 11.8. The molecule has 0 saturated carbocycles. The second kappa shape index (κ2) is 5.05. The first-order valence-electron chi connectivity index (χ1n) is 5.59. The van der Waals surface area contributed by atoms with Gasteiger partial charge in [0.05, 0.1) is 5.41 Å². The van der Waals surface area contributed by atoms with E-state index in [-0.39, 0.29) is 5.97 Å². The van der Waals surface area contributed by atoms with Gasteiger partial charge in [-0.05, 0) is 51.0 Å². The number of carbonyl (C=O) groups is 1. The molecule has 0 aliphatic rings. The maximum Gasteiger partial charge on any atom is 0.316 e. The standard InChI is InChI=1S/C15H18O2/c1-6-7-12-8-11(2)9-13(10-12)17-14(16)15(3,4)5/h1,8-10H,7H2,2-5H3. The molecule has 0 heterocycles. The summed E-state index contributed by atoms with van der Waals surface area (Å²) in [4.78, 5) is 11.8. The number of benzene rings is 1. The van der Waals surface area contributed by atoms with E-state index >= 15 is 0 Å². The molecule has 0 aliphatic heterocycles. The van der Waals surface area contributed by atoms with Crippen molar-refractivity contribution in [3.8, 4) is 18.1 Å². The highest BCUT2D eigenvalue weighted by atomic mass is 16.5. The van der Waals surface area contributed by atoms with Gasteiger partial charge in [0.25, 0.3) is 0 Å². The highest BCUT2D eigenvalue weighted by Gasteiger charge is 2.23. The van der Waals surface area contributed by atoms with Crippen LogP contribution in [0.2, 0.25) is 0 Å². The van der Waals surface area contributed by atoms with Crippen molar-refractivity contribution in [1.82, 2.24) is 0 Å². The number of hydrogen-bond donors (Lipinski definition) is 0. The van der Waals surface area contributed by atoms with Crippen LogP contribution in [-0.4, -0.2) is 5.97 Å². The molecule has 2 nitrogen and oxygen atoms in total. The van der Waals surface area contributed by atoms with Gasteiger partial charge in [-0.25, -0.2) is 0 Å². The first-order chi connectivity index (χ1) is 7.82. The molecule has 0 aliphatic carbocycles. The summed E-state index contributed by atoms with van der Waals surface area (Å²) in [6.45, 7) is 7.43. The minimum Gasteiger partial charge on any atom is -0.426 e. The van der Waals surface area contributed by atoms with Crippen LogP contribution in [0.1, 0.15) is 31.9 Å². The SMILES string of the molecule is C#CCc1cc(C)cc(OC(=O)C(C)(C)C)c1. The Labute approximate surface area is 103 Å². The van der Waals surface area contributed by atoms with E-state index in [1.807, 2.05) is 45.9 Å². The summed E-state index contributed by atoms with van der Waals surface area (Å²) in [5.74, 6) is 2.91. The molecule has 0 N–H and O–H groups in total. The van der Waals surface area contributed by atoms with Crippen LogP contribution in [0, 0.1) is 24.7 Å². The predicted octanol–water partition coefficient (Wildman–Crippen LogP) is 3.12. The van der Waals surface area contributed by atoms with E-state index in [0.29, 0.717) is 12.2 Å². The Morgan fingerprint density at radius 3 is 2.53 bits per heavy atom. The fourth-order valence-corrected chi connectivity index (χ4v) is 1.36. The van der Waals surface area contributed by atoms with Gasteiger partial charge in [-0.1, -0.05) is 6.07 Å². The van der Waals surface area contributed by atoms with Crippen LogP contribution < -0.4 is 4.74 Å². The van der Waals surface area contributed by atoms with Gasteiger partial charge in [0.15, 0.2) is 0 Å². The number of terminal acetylenes is 1. The van der Waals surface area contributed by atoms with Crippen molar-refractivity contribution in [3.05, 3.63) is 29.3 Å². The fraction of sp³-hybridized carbons (Fsp3) is 0.400. The van der Waals surface area contributed by atoms with Crippen molar-refractivity contribution >= 4 is 5.97 Å². The summed E-state index contributed by atoms with van der Waals surface area (Å²) < 4.78 is 5.34. The summed E-state index contributed by atoms with van der Waals surface area (Å²) in [6, 6.07) is 5.65. The third-order valence-electron chi connectivity index (χ3n) is 2.24. The molecule has 0 fully saturated rings. The first kappa shape index (κ1) is 13.3. The van der Waals surface area contributed by atoms with Crippen molar-refractivity contribution in [2.45, 2.75) is 34.1 Å². The predicted molar refractivity (Wildman–Crippen MR) is 68.8 cm³/mol. The van der Waals surface area contributed by atoms with Crippen LogP contribution in [0.25, 0.3) is 0 Å². The van der Waals surface area contributed by atoms with Gasteiger partial charge >= 0.3 is 5.97 Å². The zero-order chi connectivity index (χ0) is 13.1.